The van der Waals surface area contributed by atoms with Crippen molar-refractivity contribution in [2.45, 2.75) is 47.2 Å². The molecule has 9 nitrogen and oxygen atoms in total. The molecular weight excluding hydrogens is 482 g/mol. The van der Waals surface area contributed by atoms with E-state index in [-0.39, 0.29) is 30.9 Å². The Morgan fingerprint density at radius 2 is 1.69 bits per heavy atom. The molecule has 1 atom stereocenters. The number of carbonyl (C=O) groups is 2. The molecule has 2 aromatic carbocycles. The Balaban J connectivity index is 1.91. The highest BCUT2D eigenvalue weighted by Crippen LogP contribution is 2.36. The van der Waals surface area contributed by atoms with Crippen LogP contribution in [0.4, 0.5) is 5.69 Å². The zero-order valence-electron chi connectivity index (χ0n) is 21.5. The fourth-order valence-electron chi connectivity index (χ4n) is 3.69. The Morgan fingerprint density at radius 3 is 2.33 bits per heavy atom. The smallest absolute Gasteiger partial charge is 0.244 e. The van der Waals surface area contributed by atoms with Crippen molar-refractivity contribution in [2.75, 3.05) is 29.9 Å². The topological polar surface area (TPSA) is 105 Å². The average Bonchev–Trinajstić information content (AvgIpc) is 3.32. The van der Waals surface area contributed by atoms with Gasteiger partial charge in [0.1, 0.15) is 12.6 Å². The number of hydrogen-bond donors (Lipinski definition) is 1. The number of sulfonamides is 1. The number of rotatable bonds is 11. The number of anilines is 1. The van der Waals surface area contributed by atoms with Gasteiger partial charge in [0.05, 0.1) is 11.4 Å². The molecule has 196 valence electrons. The van der Waals surface area contributed by atoms with Crippen molar-refractivity contribution in [3.05, 3.63) is 53.6 Å². The first kappa shape index (κ1) is 27.3. The first-order valence-electron chi connectivity index (χ1n) is 12.0. The number of carbonyl (C=O) groups excluding carboxylic acids is 2. The molecule has 0 fully saturated rings. The van der Waals surface area contributed by atoms with Crippen LogP contribution in [0.3, 0.4) is 0 Å². The van der Waals surface area contributed by atoms with Crippen molar-refractivity contribution in [3.63, 3.8) is 0 Å². The fraction of sp³-hybridized carbons (Fsp3) is 0.462. The van der Waals surface area contributed by atoms with Crippen LogP contribution in [-0.2, 0) is 26.2 Å². The van der Waals surface area contributed by atoms with E-state index >= 15 is 0 Å². The third kappa shape index (κ3) is 6.69. The highest BCUT2D eigenvalue weighted by molar-refractivity contribution is 7.92. The van der Waals surface area contributed by atoms with Crippen molar-refractivity contribution >= 4 is 27.5 Å². The second kappa shape index (κ2) is 11.6. The molecule has 0 spiro atoms. The third-order valence-corrected chi connectivity index (χ3v) is 7.69. The minimum absolute atomic E-state index is 0.0472. The van der Waals surface area contributed by atoms with E-state index in [1.807, 2.05) is 45.0 Å². The van der Waals surface area contributed by atoms with Crippen molar-refractivity contribution in [1.82, 2.24) is 10.2 Å². The largest absolute Gasteiger partial charge is 0.454 e. The number of nitrogens with zero attached hydrogens (tertiary/aromatic N) is 2. The molecule has 1 N–H and O–H groups in total. The highest BCUT2D eigenvalue weighted by Gasteiger charge is 2.31. The van der Waals surface area contributed by atoms with Crippen LogP contribution in [0.2, 0.25) is 0 Å². The summed E-state index contributed by atoms with van der Waals surface area (Å²) in [6.07, 6.45) is 0. The summed E-state index contributed by atoms with van der Waals surface area (Å²) < 4.78 is 37.9. The summed E-state index contributed by atoms with van der Waals surface area (Å²) in [6, 6.07) is 11.6. The molecule has 0 aromatic heterocycles. The van der Waals surface area contributed by atoms with Crippen LogP contribution >= 0.6 is 0 Å². The molecule has 1 unspecified atom stereocenters. The third-order valence-electron chi connectivity index (χ3n) is 5.95. The zero-order valence-corrected chi connectivity index (χ0v) is 22.3. The lowest BCUT2D eigenvalue weighted by atomic mass is 10.1. The van der Waals surface area contributed by atoms with E-state index in [2.05, 4.69) is 5.32 Å². The Labute approximate surface area is 213 Å². The van der Waals surface area contributed by atoms with E-state index < -0.39 is 28.5 Å². The molecule has 0 radical (unpaired) electrons. The van der Waals surface area contributed by atoms with Crippen molar-refractivity contribution in [3.8, 4) is 11.5 Å². The van der Waals surface area contributed by atoms with Crippen LogP contribution in [-0.4, -0.2) is 56.8 Å². The van der Waals surface area contributed by atoms with E-state index in [4.69, 9.17) is 9.47 Å². The molecule has 1 heterocycles. The van der Waals surface area contributed by atoms with Crippen LogP contribution in [0.1, 0.15) is 38.8 Å². The second-order valence-corrected chi connectivity index (χ2v) is 11.4. The molecule has 2 aromatic rings. The number of ether oxygens (including phenoxy) is 2. The quantitative estimate of drug-likeness (QED) is 0.491. The summed E-state index contributed by atoms with van der Waals surface area (Å²) in [5, 5.41) is 2.87. The Hall–Kier alpha value is -3.27. The standard InChI is InChI=1S/C26H35N3O6S/c1-6-36(32,33)29(22-11-12-23-24(13-22)35-17-34-23)16-25(30)28(15-21-9-7-19(4)8-10-21)20(5)26(31)27-14-18(2)3/h7-13,18,20H,6,14-17H2,1-5H3,(H,27,31). The summed E-state index contributed by atoms with van der Waals surface area (Å²) in [4.78, 5) is 28.0. The van der Waals surface area contributed by atoms with Crippen molar-refractivity contribution < 1.29 is 27.5 Å². The molecule has 1 aliphatic heterocycles. The molecule has 2 amide bonds. The van der Waals surface area contributed by atoms with Gasteiger partial charge in [-0.3, -0.25) is 13.9 Å². The summed E-state index contributed by atoms with van der Waals surface area (Å²) in [6.45, 7) is 9.34. The number of aryl methyl sites for hydroxylation is 1. The van der Waals surface area contributed by atoms with Gasteiger partial charge in [0.2, 0.25) is 28.6 Å². The average molecular weight is 518 g/mol. The van der Waals surface area contributed by atoms with Crippen LogP contribution < -0.4 is 19.1 Å². The maximum absolute atomic E-state index is 13.7. The fourth-order valence-corrected chi connectivity index (χ4v) is 4.74. The van der Waals surface area contributed by atoms with Gasteiger partial charge in [0.25, 0.3) is 0 Å². The number of benzene rings is 2. The Kier molecular flexibility index (Phi) is 8.84. The predicted octanol–water partition coefficient (Wildman–Crippen LogP) is 3.07. The van der Waals surface area contributed by atoms with Crippen LogP contribution in [0.5, 0.6) is 11.5 Å². The van der Waals surface area contributed by atoms with Crippen LogP contribution in [0.15, 0.2) is 42.5 Å². The first-order chi connectivity index (χ1) is 17.0. The van der Waals surface area contributed by atoms with Gasteiger partial charge < -0.3 is 19.7 Å². The van der Waals surface area contributed by atoms with E-state index in [1.165, 1.54) is 11.8 Å². The van der Waals surface area contributed by atoms with Gasteiger partial charge in [-0.15, -0.1) is 0 Å². The van der Waals surface area contributed by atoms with Gasteiger partial charge >= 0.3 is 0 Å². The Morgan fingerprint density at radius 1 is 1.03 bits per heavy atom. The zero-order chi connectivity index (χ0) is 26.5. The van der Waals surface area contributed by atoms with Gasteiger partial charge in [-0.25, -0.2) is 8.42 Å². The molecule has 3 rings (SSSR count). The first-order valence-corrected chi connectivity index (χ1v) is 13.7. The molecule has 36 heavy (non-hydrogen) atoms. The maximum Gasteiger partial charge on any atom is 0.244 e. The molecule has 0 saturated carbocycles. The SMILES string of the molecule is CCS(=O)(=O)N(CC(=O)N(Cc1ccc(C)cc1)C(C)C(=O)NCC(C)C)c1ccc2c(c1)OCO2. The van der Waals surface area contributed by atoms with Gasteiger partial charge in [-0.1, -0.05) is 43.7 Å². The lowest BCUT2D eigenvalue weighted by molar-refractivity contribution is -0.139. The van der Waals surface area contributed by atoms with Gasteiger partial charge in [-0.2, -0.15) is 0 Å². The van der Waals surface area contributed by atoms with E-state index in [0.29, 0.717) is 23.7 Å². The molecule has 10 heteroatoms. The monoisotopic (exact) mass is 517 g/mol. The lowest BCUT2D eigenvalue weighted by Gasteiger charge is -2.32. The molecule has 0 bridgehead atoms. The van der Waals surface area contributed by atoms with Crippen LogP contribution in [0.25, 0.3) is 0 Å². The summed E-state index contributed by atoms with van der Waals surface area (Å²) >= 11 is 0. The van der Waals surface area contributed by atoms with Gasteiger partial charge in [0, 0.05) is 19.2 Å². The number of hydrogen-bond acceptors (Lipinski definition) is 6. The van der Waals surface area contributed by atoms with Crippen molar-refractivity contribution in [2.24, 2.45) is 5.92 Å². The van der Waals surface area contributed by atoms with Gasteiger partial charge in [0.15, 0.2) is 11.5 Å². The molecule has 1 aliphatic rings. The second-order valence-electron chi connectivity index (χ2n) is 9.27. The normalized spacial score (nSPS) is 13.4. The lowest BCUT2D eigenvalue weighted by Crippen LogP contribution is -2.51. The van der Waals surface area contributed by atoms with E-state index in [0.717, 1.165) is 15.4 Å². The minimum atomic E-state index is -3.82. The van der Waals surface area contributed by atoms with E-state index in [9.17, 15) is 18.0 Å². The number of amides is 2. The summed E-state index contributed by atoms with van der Waals surface area (Å²) in [5.41, 5.74) is 2.20. The van der Waals surface area contributed by atoms with Crippen LogP contribution in [0, 0.1) is 12.8 Å². The molecule has 0 saturated heterocycles. The predicted molar refractivity (Wildman–Crippen MR) is 138 cm³/mol. The molecular formula is C26H35N3O6S. The number of nitrogens with one attached hydrogen (secondary N) is 1. The van der Waals surface area contributed by atoms with Gasteiger partial charge in [-0.05, 0) is 44.4 Å². The summed E-state index contributed by atoms with van der Waals surface area (Å²) in [5.74, 6) is 0.190. The highest BCUT2D eigenvalue weighted by atomic mass is 32.2. The minimum Gasteiger partial charge on any atom is -0.454 e. The maximum atomic E-state index is 13.7. The number of fused-ring (bicyclic) bond motifs is 1. The molecule has 0 aliphatic carbocycles. The van der Waals surface area contributed by atoms with E-state index in [1.54, 1.807) is 25.1 Å². The summed E-state index contributed by atoms with van der Waals surface area (Å²) in [7, 11) is -3.82. The Bertz CT molecular complexity index is 1180. The van der Waals surface area contributed by atoms with Crippen molar-refractivity contribution in [1.29, 1.82) is 0 Å².